The van der Waals surface area contributed by atoms with Crippen molar-refractivity contribution < 1.29 is 14.3 Å². The maximum absolute atomic E-state index is 11.7. The van der Waals surface area contributed by atoms with Gasteiger partial charge in [0.15, 0.2) is 0 Å². The van der Waals surface area contributed by atoms with E-state index in [9.17, 15) is 9.59 Å². The molecule has 0 aliphatic heterocycles. The van der Waals surface area contributed by atoms with Crippen LogP contribution >= 0.6 is 23.4 Å². The van der Waals surface area contributed by atoms with Gasteiger partial charge in [-0.15, -0.1) is 0 Å². The minimum atomic E-state index is -0.945. The molecule has 0 fully saturated rings. The Morgan fingerprint density at radius 2 is 2.05 bits per heavy atom. The van der Waals surface area contributed by atoms with Crippen molar-refractivity contribution in [2.24, 2.45) is 4.99 Å². The molecule has 0 aliphatic rings. The molecule has 0 aromatic heterocycles. The first-order valence-electron chi connectivity index (χ1n) is 5.78. The third-order valence-electron chi connectivity index (χ3n) is 2.08. The summed E-state index contributed by atoms with van der Waals surface area (Å²) in [5.41, 5.74) is 0.781. The van der Waals surface area contributed by atoms with Crippen LogP contribution in [0, 0.1) is 0 Å². The summed E-state index contributed by atoms with van der Waals surface area (Å²) >= 11 is 6.41. The van der Waals surface area contributed by atoms with Crippen LogP contribution in [0.4, 0.5) is 5.69 Å². The molecule has 20 heavy (non-hydrogen) atoms. The van der Waals surface area contributed by atoms with Crippen LogP contribution in [0.1, 0.15) is 6.92 Å². The number of nitrogens with zero attached hydrogens (tertiary/aromatic N) is 1. The van der Waals surface area contributed by atoms with Gasteiger partial charge in [0.05, 0.1) is 0 Å². The van der Waals surface area contributed by atoms with E-state index in [4.69, 9.17) is 16.3 Å². The average molecular weight is 379 g/mol. The van der Waals surface area contributed by atoms with Crippen LogP contribution in [0.25, 0.3) is 0 Å². The van der Waals surface area contributed by atoms with Crippen LogP contribution in [0.3, 0.4) is 0 Å². The Hall–Kier alpha value is -0.811. The van der Waals surface area contributed by atoms with Gasteiger partial charge in [0, 0.05) is 0 Å². The van der Waals surface area contributed by atoms with E-state index in [1.165, 1.54) is 11.8 Å². The van der Waals surface area contributed by atoms with Crippen LogP contribution in [-0.4, -0.2) is 43.0 Å². The van der Waals surface area contributed by atoms with Gasteiger partial charge in [0.1, 0.15) is 0 Å². The molecule has 0 bridgehead atoms. The summed E-state index contributed by atoms with van der Waals surface area (Å²) in [5, 5.41) is -0.696. The second-order valence-corrected chi connectivity index (χ2v) is 7.52. The zero-order chi connectivity index (χ0) is 15.0. The Kier molecular flexibility index (Phi) is 7.92. The number of carbonyl (C=O) groups excluding carboxylic acids is 2. The minimum absolute atomic E-state index is 0.222. The summed E-state index contributed by atoms with van der Waals surface area (Å²) in [5.74, 6) is -0.581. The topological polar surface area (TPSA) is 55.7 Å². The molecule has 1 rings (SSSR count). The quantitative estimate of drug-likeness (QED) is 0.191. The van der Waals surface area contributed by atoms with Crippen molar-refractivity contribution in [1.29, 1.82) is 0 Å². The first kappa shape index (κ1) is 17.2. The number of aliphatic imine (C=N–C) groups is 1. The molecule has 7 heteroatoms. The molecule has 108 valence electrons. The number of esters is 1. The summed E-state index contributed by atoms with van der Waals surface area (Å²) in [6.07, 6.45) is 1.85. The first-order chi connectivity index (χ1) is 9.58. The predicted molar refractivity (Wildman–Crippen MR) is 84.0 cm³/mol. The Morgan fingerprint density at radius 3 is 2.55 bits per heavy atom. The SMILES string of the molecule is CCOC(=O)C([Se]C(=Nc1ccccc1)SC)C(=O)Cl. The van der Waals surface area contributed by atoms with Gasteiger partial charge in [-0.05, 0) is 0 Å². The van der Waals surface area contributed by atoms with Gasteiger partial charge in [0.2, 0.25) is 0 Å². The van der Waals surface area contributed by atoms with E-state index < -0.39 is 31.0 Å². The molecule has 1 unspecified atom stereocenters. The summed E-state index contributed by atoms with van der Waals surface area (Å²) in [4.78, 5) is 26.6. The van der Waals surface area contributed by atoms with Crippen molar-refractivity contribution in [1.82, 2.24) is 0 Å². The fourth-order valence-corrected chi connectivity index (χ4v) is 4.25. The zero-order valence-electron chi connectivity index (χ0n) is 11.0. The molecule has 1 aromatic carbocycles. The fraction of sp³-hybridized carbons (Fsp3) is 0.308. The molecule has 0 N–H and O–H groups in total. The average Bonchev–Trinajstić information content (AvgIpc) is 2.44. The Bertz CT molecular complexity index is 496. The van der Waals surface area contributed by atoms with E-state index in [1.807, 2.05) is 36.6 Å². The van der Waals surface area contributed by atoms with E-state index in [1.54, 1.807) is 6.92 Å². The molecule has 1 atom stereocenters. The van der Waals surface area contributed by atoms with Gasteiger partial charge in [-0.2, -0.15) is 0 Å². The molecule has 0 aliphatic carbocycles. The van der Waals surface area contributed by atoms with E-state index in [0.717, 1.165) is 9.63 Å². The first-order valence-corrected chi connectivity index (χ1v) is 9.23. The molecule has 0 spiro atoms. The molecule has 0 saturated carbocycles. The fourth-order valence-electron chi connectivity index (χ4n) is 1.23. The van der Waals surface area contributed by atoms with E-state index >= 15 is 0 Å². The number of carbonyl (C=O) groups is 2. The van der Waals surface area contributed by atoms with E-state index in [2.05, 4.69) is 4.99 Å². The van der Waals surface area contributed by atoms with Gasteiger partial charge in [-0.1, -0.05) is 0 Å². The number of ether oxygens (including phenoxy) is 1. The van der Waals surface area contributed by atoms with Crippen molar-refractivity contribution in [2.45, 2.75) is 11.7 Å². The van der Waals surface area contributed by atoms with Crippen LogP contribution in [0.15, 0.2) is 35.3 Å². The zero-order valence-corrected chi connectivity index (χ0v) is 14.3. The van der Waals surface area contributed by atoms with Crippen molar-refractivity contribution in [3.63, 3.8) is 0 Å². The molecule has 0 saturated heterocycles. The third-order valence-corrected chi connectivity index (χ3v) is 6.54. The van der Waals surface area contributed by atoms with Gasteiger partial charge in [-0.25, -0.2) is 0 Å². The number of para-hydroxylation sites is 1. The predicted octanol–water partition coefficient (Wildman–Crippen LogP) is 2.86. The van der Waals surface area contributed by atoms with Crippen LogP contribution < -0.4 is 0 Å². The van der Waals surface area contributed by atoms with Gasteiger partial charge in [0.25, 0.3) is 0 Å². The van der Waals surface area contributed by atoms with Crippen molar-refractivity contribution in [3.05, 3.63) is 30.3 Å². The standard InChI is InChI=1S/C13H14ClNO3SSe/c1-3-18-12(17)10(11(14)16)20-13(19-2)15-9-7-5-4-6-8-9/h4-8,10H,3H2,1-2H3. The molecule has 1 aromatic rings. The van der Waals surface area contributed by atoms with Crippen LogP contribution in [0.5, 0.6) is 0 Å². The normalized spacial score (nSPS) is 12.8. The van der Waals surface area contributed by atoms with Gasteiger partial charge in [-0.3, -0.25) is 0 Å². The van der Waals surface area contributed by atoms with Crippen LogP contribution in [0.2, 0.25) is 4.82 Å². The van der Waals surface area contributed by atoms with Gasteiger partial charge >= 0.3 is 133 Å². The summed E-state index contributed by atoms with van der Waals surface area (Å²) in [7, 11) is 0. The second-order valence-electron chi connectivity index (χ2n) is 3.47. The summed E-state index contributed by atoms with van der Waals surface area (Å²) < 4.78 is 5.59. The number of hydrogen-bond acceptors (Lipinski definition) is 5. The Morgan fingerprint density at radius 1 is 1.40 bits per heavy atom. The molecular formula is C13H14ClNO3SSe. The Labute approximate surface area is 133 Å². The number of rotatable bonds is 6. The second kappa shape index (κ2) is 9.19. The molecular weight excluding hydrogens is 365 g/mol. The molecule has 4 nitrogen and oxygen atoms in total. The van der Waals surface area contributed by atoms with Crippen molar-refractivity contribution in [3.8, 4) is 0 Å². The molecule has 0 radical (unpaired) electrons. The van der Waals surface area contributed by atoms with Crippen molar-refractivity contribution in [2.75, 3.05) is 12.9 Å². The monoisotopic (exact) mass is 379 g/mol. The number of halogens is 1. The van der Waals surface area contributed by atoms with Crippen LogP contribution in [-0.2, 0) is 14.3 Å². The van der Waals surface area contributed by atoms with Crippen molar-refractivity contribution >= 4 is 59.2 Å². The summed E-state index contributed by atoms with van der Waals surface area (Å²) in [6.45, 7) is 1.91. The molecule has 0 amide bonds. The third kappa shape index (κ3) is 5.67. The number of thioether (sulfide) groups is 1. The van der Waals surface area contributed by atoms with E-state index in [-0.39, 0.29) is 6.61 Å². The number of hydrogen-bond donors (Lipinski definition) is 0. The molecule has 0 heterocycles. The van der Waals surface area contributed by atoms with E-state index in [0.29, 0.717) is 0 Å². The maximum atomic E-state index is 11.7. The number of benzene rings is 1. The van der Waals surface area contributed by atoms with Gasteiger partial charge < -0.3 is 0 Å². The Balaban J connectivity index is 2.87. The summed E-state index contributed by atoms with van der Waals surface area (Å²) in [6, 6.07) is 9.35.